The van der Waals surface area contributed by atoms with Gasteiger partial charge in [0.05, 0.1) is 11.6 Å². The molecule has 102 valence electrons. The Hall–Kier alpha value is -0.580. The van der Waals surface area contributed by atoms with Gasteiger partial charge in [0.1, 0.15) is 5.75 Å². The van der Waals surface area contributed by atoms with E-state index in [1.807, 2.05) is 6.07 Å². The molecule has 18 heavy (non-hydrogen) atoms. The average Bonchev–Trinajstić information content (AvgIpc) is 2.38. The molecule has 0 saturated carbocycles. The summed E-state index contributed by atoms with van der Waals surface area (Å²) >= 11 is 3.48. The highest BCUT2D eigenvalue weighted by atomic mass is 79.9. The molecule has 0 atom stereocenters. The monoisotopic (exact) mass is 315 g/mol. The molecule has 0 fully saturated rings. The van der Waals surface area contributed by atoms with Gasteiger partial charge in [-0.1, -0.05) is 18.9 Å². The van der Waals surface area contributed by atoms with E-state index in [4.69, 9.17) is 9.84 Å². The van der Waals surface area contributed by atoms with Crippen LogP contribution in [-0.2, 0) is 6.54 Å². The number of halogens is 1. The fraction of sp³-hybridized carbons (Fsp3) is 0.571. The van der Waals surface area contributed by atoms with Gasteiger partial charge in [-0.05, 0) is 53.0 Å². The van der Waals surface area contributed by atoms with Gasteiger partial charge >= 0.3 is 0 Å². The van der Waals surface area contributed by atoms with Crippen LogP contribution < -0.4 is 10.1 Å². The Morgan fingerprint density at radius 2 is 2.00 bits per heavy atom. The predicted octanol–water partition coefficient (Wildman–Crippen LogP) is 3.10. The van der Waals surface area contributed by atoms with Crippen LogP contribution in [0.15, 0.2) is 22.7 Å². The molecule has 0 aliphatic carbocycles. The van der Waals surface area contributed by atoms with Crippen molar-refractivity contribution in [2.45, 2.75) is 32.2 Å². The number of methoxy groups -OCH3 is 1. The number of hydrogen-bond donors (Lipinski definition) is 2. The average molecular weight is 316 g/mol. The topological polar surface area (TPSA) is 41.5 Å². The number of nitrogens with one attached hydrogen (secondary N) is 1. The molecule has 3 nitrogen and oxygen atoms in total. The second kappa shape index (κ2) is 9.36. The SMILES string of the molecule is COc1ccc(CNCCCCCCO)cc1Br. The van der Waals surface area contributed by atoms with Crippen molar-refractivity contribution in [1.82, 2.24) is 5.32 Å². The standard InChI is InChI=1S/C14H22BrNO2/c1-18-14-7-6-12(10-13(14)15)11-16-8-4-2-3-5-9-17/h6-7,10,16-17H,2-5,8-9,11H2,1H3. The van der Waals surface area contributed by atoms with Crippen molar-refractivity contribution < 1.29 is 9.84 Å². The summed E-state index contributed by atoms with van der Waals surface area (Å²) in [4.78, 5) is 0. The van der Waals surface area contributed by atoms with Gasteiger partial charge in [0.2, 0.25) is 0 Å². The fourth-order valence-corrected chi connectivity index (χ4v) is 2.36. The van der Waals surface area contributed by atoms with Crippen molar-refractivity contribution in [2.24, 2.45) is 0 Å². The van der Waals surface area contributed by atoms with Gasteiger partial charge in [0.15, 0.2) is 0 Å². The number of aliphatic hydroxyl groups is 1. The number of hydrogen-bond acceptors (Lipinski definition) is 3. The van der Waals surface area contributed by atoms with Crippen LogP contribution in [0.3, 0.4) is 0 Å². The molecular formula is C14H22BrNO2. The van der Waals surface area contributed by atoms with Crippen LogP contribution in [0.2, 0.25) is 0 Å². The summed E-state index contributed by atoms with van der Waals surface area (Å²) in [5.74, 6) is 0.864. The molecule has 4 heteroatoms. The first kappa shape index (κ1) is 15.5. The number of unbranched alkanes of at least 4 members (excludes halogenated alkanes) is 3. The summed E-state index contributed by atoms with van der Waals surface area (Å²) in [7, 11) is 1.67. The van der Waals surface area contributed by atoms with Gasteiger partial charge in [-0.3, -0.25) is 0 Å². The van der Waals surface area contributed by atoms with E-state index in [2.05, 4.69) is 33.4 Å². The third kappa shape index (κ3) is 5.85. The quantitative estimate of drug-likeness (QED) is 0.688. The minimum absolute atomic E-state index is 0.313. The summed E-state index contributed by atoms with van der Waals surface area (Å²) in [6.45, 7) is 2.21. The van der Waals surface area contributed by atoms with Crippen LogP contribution in [0, 0.1) is 0 Å². The first-order valence-corrected chi connectivity index (χ1v) is 7.21. The van der Waals surface area contributed by atoms with Crippen LogP contribution >= 0.6 is 15.9 Å². The molecular weight excluding hydrogens is 294 g/mol. The van der Waals surface area contributed by atoms with Gasteiger partial charge in [0.25, 0.3) is 0 Å². The predicted molar refractivity (Wildman–Crippen MR) is 78.0 cm³/mol. The van der Waals surface area contributed by atoms with Gasteiger partial charge in [-0.15, -0.1) is 0 Å². The Bertz CT molecular complexity index is 345. The van der Waals surface area contributed by atoms with Crippen LogP contribution in [0.25, 0.3) is 0 Å². The Balaban J connectivity index is 2.17. The summed E-state index contributed by atoms with van der Waals surface area (Å²) in [6, 6.07) is 6.13. The van der Waals surface area contributed by atoms with Gasteiger partial charge in [-0.2, -0.15) is 0 Å². The molecule has 0 aliphatic rings. The fourth-order valence-electron chi connectivity index (χ4n) is 1.77. The third-order valence-corrected chi connectivity index (χ3v) is 3.43. The largest absolute Gasteiger partial charge is 0.496 e. The summed E-state index contributed by atoms with van der Waals surface area (Å²) in [5, 5.41) is 12.1. The van der Waals surface area contributed by atoms with E-state index >= 15 is 0 Å². The van der Waals surface area contributed by atoms with E-state index in [0.717, 1.165) is 42.6 Å². The second-order valence-corrected chi connectivity index (χ2v) is 5.14. The van der Waals surface area contributed by atoms with E-state index < -0.39 is 0 Å². The first-order chi connectivity index (χ1) is 8.77. The smallest absolute Gasteiger partial charge is 0.133 e. The van der Waals surface area contributed by atoms with Gasteiger partial charge in [0, 0.05) is 13.2 Å². The molecule has 0 aromatic heterocycles. The van der Waals surface area contributed by atoms with Crippen molar-refractivity contribution in [2.75, 3.05) is 20.3 Å². The molecule has 2 N–H and O–H groups in total. The van der Waals surface area contributed by atoms with Crippen LogP contribution in [0.1, 0.15) is 31.2 Å². The molecule has 0 unspecified atom stereocenters. The Morgan fingerprint density at radius 1 is 1.22 bits per heavy atom. The number of rotatable bonds is 9. The molecule has 1 aromatic rings. The van der Waals surface area contributed by atoms with Crippen LogP contribution in [0.5, 0.6) is 5.75 Å². The molecule has 0 radical (unpaired) electrons. The lowest BCUT2D eigenvalue weighted by Gasteiger charge is -2.07. The maximum atomic E-state index is 8.66. The lowest BCUT2D eigenvalue weighted by Crippen LogP contribution is -2.14. The van der Waals surface area contributed by atoms with E-state index in [1.165, 1.54) is 12.0 Å². The maximum absolute atomic E-state index is 8.66. The Labute approximate surface area is 118 Å². The summed E-state index contributed by atoms with van der Waals surface area (Å²) < 4.78 is 6.19. The zero-order chi connectivity index (χ0) is 13.2. The molecule has 0 saturated heterocycles. The Morgan fingerprint density at radius 3 is 2.67 bits per heavy atom. The normalized spacial score (nSPS) is 10.6. The summed E-state index contributed by atoms with van der Waals surface area (Å²) in [6.07, 6.45) is 4.38. The zero-order valence-electron chi connectivity index (χ0n) is 10.9. The van der Waals surface area contributed by atoms with Crippen molar-refractivity contribution in [3.63, 3.8) is 0 Å². The lowest BCUT2D eigenvalue weighted by molar-refractivity contribution is 0.282. The van der Waals surface area contributed by atoms with E-state index in [0.29, 0.717) is 6.61 Å². The van der Waals surface area contributed by atoms with E-state index in [1.54, 1.807) is 7.11 Å². The first-order valence-electron chi connectivity index (χ1n) is 6.42. The zero-order valence-corrected chi connectivity index (χ0v) is 12.5. The molecule has 1 rings (SSSR count). The Kier molecular flexibility index (Phi) is 8.05. The molecule has 1 aromatic carbocycles. The van der Waals surface area contributed by atoms with Crippen molar-refractivity contribution >= 4 is 15.9 Å². The van der Waals surface area contributed by atoms with E-state index in [9.17, 15) is 0 Å². The maximum Gasteiger partial charge on any atom is 0.133 e. The minimum atomic E-state index is 0.313. The highest BCUT2D eigenvalue weighted by molar-refractivity contribution is 9.10. The van der Waals surface area contributed by atoms with E-state index in [-0.39, 0.29) is 0 Å². The molecule has 0 heterocycles. The van der Waals surface area contributed by atoms with Crippen LogP contribution in [0.4, 0.5) is 0 Å². The van der Waals surface area contributed by atoms with Crippen molar-refractivity contribution in [3.05, 3.63) is 28.2 Å². The lowest BCUT2D eigenvalue weighted by atomic mass is 10.2. The van der Waals surface area contributed by atoms with Gasteiger partial charge in [-0.25, -0.2) is 0 Å². The molecule has 0 bridgehead atoms. The van der Waals surface area contributed by atoms with Crippen LogP contribution in [-0.4, -0.2) is 25.4 Å². The molecule has 0 amide bonds. The second-order valence-electron chi connectivity index (χ2n) is 4.28. The highest BCUT2D eigenvalue weighted by Gasteiger charge is 2.00. The number of ether oxygens (including phenoxy) is 1. The summed E-state index contributed by atoms with van der Waals surface area (Å²) in [5.41, 5.74) is 1.25. The highest BCUT2D eigenvalue weighted by Crippen LogP contribution is 2.25. The number of benzene rings is 1. The van der Waals surface area contributed by atoms with Crippen molar-refractivity contribution in [3.8, 4) is 5.75 Å². The van der Waals surface area contributed by atoms with Crippen molar-refractivity contribution in [1.29, 1.82) is 0 Å². The molecule has 0 aliphatic heterocycles. The molecule has 0 spiro atoms. The minimum Gasteiger partial charge on any atom is -0.496 e. The number of aliphatic hydroxyl groups excluding tert-OH is 1. The third-order valence-electron chi connectivity index (χ3n) is 2.81. The van der Waals surface area contributed by atoms with Gasteiger partial charge < -0.3 is 15.2 Å².